The lowest BCUT2D eigenvalue weighted by Gasteiger charge is -2.17. The van der Waals surface area contributed by atoms with Gasteiger partial charge in [-0.25, -0.2) is 0 Å². The molecule has 22 heavy (non-hydrogen) atoms. The van der Waals surface area contributed by atoms with Gasteiger partial charge < -0.3 is 9.73 Å². The van der Waals surface area contributed by atoms with Crippen molar-refractivity contribution in [2.75, 3.05) is 0 Å². The van der Waals surface area contributed by atoms with Gasteiger partial charge in [0.15, 0.2) is 0 Å². The predicted octanol–water partition coefficient (Wildman–Crippen LogP) is 4.11. The van der Waals surface area contributed by atoms with E-state index in [9.17, 15) is 4.79 Å². The first-order valence-corrected chi connectivity index (χ1v) is 7.20. The molecule has 1 N–H and O–H groups in total. The Kier molecular flexibility index (Phi) is 4.05. The van der Waals surface area contributed by atoms with Crippen LogP contribution in [0.4, 0.5) is 0 Å². The molecule has 110 valence electrons. The van der Waals surface area contributed by atoms with E-state index in [1.807, 2.05) is 73.7 Å². The normalized spacial score (nSPS) is 11.9. The number of carbonyl (C=O) groups is 1. The lowest BCUT2D eigenvalue weighted by atomic mass is 10.0. The molecule has 1 aromatic heterocycles. The average molecular weight is 291 g/mol. The number of furan rings is 1. The fraction of sp³-hybridized carbons (Fsp3) is 0.105. The van der Waals surface area contributed by atoms with Crippen LogP contribution < -0.4 is 5.32 Å². The number of hydrogen-bond acceptors (Lipinski definition) is 2. The summed E-state index contributed by atoms with van der Waals surface area (Å²) < 4.78 is 5.49. The Hall–Kier alpha value is -2.81. The molecular formula is C19H17NO2. The van der Waals surface area contributed by atoms with E-state index in [-0.39, 0.29) is 11.9 Å². The average Bonchev–Trinajstić information content (AvgIpc) is 3.08. The summed E-state index contributed by atoms with van der Waals surface area (Å²) >= 11 is 0. The first kappa shape index (κ1) is 14.1. The molecule has 0 unspecified atom stereocenters. The third-order valence-corrected chi connectivity index (χ3v) is 3.55. The molecule has 0 aliphatic heterocycles. The van der Waals surface area contributed by atoms with E-state index < -0.39 is 0 Å². The van der Waals surface area contributed by atoms with Gasteiger partial charge in [0.05, 0.1) is 6.26 Å². The molecule has 0 bridgehead atoms. The van der Waals surface area contributed by atoms with E-state index in [2.05, 4.69) is 5.32 Å². The molecule has 0 saturated heterocycles. The molecular weight excluding hydrogens is 274 g/mol. The van der Waals surface area contributed by atoms with E-state index in [0.29, 0.717) is 11.3 Å². The van der Waals surface area contributed by atoms with Gasteiger partial charge >= 0.3 is 0 Å². The standard InChI is InChI=1S/C19H17NO2/c1-14-9-11-16(12-10-14)19(21)20-18(17-8-5-13-22-17)15-6-3-2-4-7-15/h2-13,18H,1H3,(H,20,21)/t18-/m0/s1. The highest BCUT2D eigenvalue weighted by Gasteiger charge is 2.19. The Balaban J connectivity index is 1.87. The SMILES string of the molecule is Cc1ccc(C(=O)N[C@@H](c2ccccc2)c2ccco2)cc1. The molecule has 0 aliphatic carbocycles. The zero-order valence-electron chi connectivity index (χ0n) is 12.3. The summed E-state index contributed by atoms with van der Waals surface area (Å²) in [5.41, 5.74) is 2.75. The van der Waals surface area contributed by atoms with Crippen molar-refractivity contribution in [2.45, 2.75) is 13.0 Å². The topological polar surface area (TPSA) is 42.2 Å². The van der Waals surface area contributed by atoms with Gasteiger partial charge in [0.25, 0.3) is 5.91 Å². The van der Waals surface area contributed by atoms with Crippen LogP contribution in [0.15, 0.2) is 77.4 Å². The molecule has 3 aromatic rings. The Morgan fingerprint density at radius 1 is 0.955 bits per heavy atom. The largest absolute Gasteiger partial charge is 0.467 e. The van der Waals surface area contributed by atoms with Crippen LogP contribution in [-0.4, -0.2) is 5.91 Å². The fourth-order valence-electron chi connectivity index (χ4n) is 2.34. The minimum absolute atomic E-state index is 0.120. The number of nitrogens with one attached hydrogen (secondary N) is 1. The zero-order chi connectivity index (χ0) is 15.4. The van der Waals surface area contributed by atoms with Crippen LogP contribution in [0.25, 0.3) is 0 Å². The quantitative estimate of drug-likeness (QED) is 0.786. The molecule has 1 amide bonds. The zero-order valence-corrected chi connectivity index (χ0v) is 12.3. The number of carbonyl (C=O) groups excluding carboxylic acids is 1. The summed E-state index contributed by atoms with van der Waals surface area (Å²) in [7, 11) is 0. The molecule has 0 saturated carbocycles. The number of rotatable bonds is 4. The van der Waals surface area contributed by atoms with Gasteiger partial charge in [-0.1, -0.05) is 48.0 Å². The van der Waals surface area contributed by atoms with E-state index in [1.54, 1.807) is 6.26 Å². The van der Waals surface area contributed by atoms with E-state index in [1.165, 1.54) is 0 Å². The summed E-state index contributed by atoms with van der Waals surface area (Å²) in [6, 6.07) is 20.7. The van der Waals surface area contributed by atoms with Crippen molar-refractivity contribution in [1.82, 2.24) is 5.32 Å². The second-order valence-electron chi connectivity index (χ2n) is 5.20. The number of hydrogen-bond donors (Lipinski definition) is 1. The van der Waals surface area contributed by atoms with Crippen LogP contribution in [-0.2, 0) is 0 Å². The molecule has 2 aromatic carbocycles. The van der Waals surface area contributed by atoms with Gasteiger partial charge in [-0.05, 0) is 36.8 Å². The van der Waals surface area contributed by atoms with Crippen LogP contribution in [0.2, 0.25) is 0 Å². The van der Waals surface area contributed by atoms with E-state index >= 15 is 0 Å². The second-order valence-corrected chi connectivity index (χ2v) is 5.20. The third kappa shape index (κ3) is 3.09. The van der Waals surface area contributed by atoms with Crippen LogP contribution in [0.1, 0.15) is 33.3 Å². The maximum atomic E-state index is 12.5. The van der Waals surface area contributed by atoms with Crippen LogP contribution >= 0.6 is 0 Å². The lowest BCUT2D eigenvalue weighted by molar-refractivity contribution is 0.0939. The fourth-order valence-corrected chi connectivity index (χ4v) is 2.34. The Labute approximate surface area is 129 Å². The highest BCUT2D eigenvalue weighted by atomic mass is 16.3. The Morgan fingerprint density at radius 2 is 1.68 bits per heavy atom. The summed E-state index contributed by atoms with van der Waals surface area (Å²) in [6.07, 6.45) is 1.61. The van der Waals surface area contributed by atoms with Crippen molar-refractivity contribution in [3.05, 3.63) is 95.4 Å². The summed E-state index contributed by atoms with van der Waals surface area (Å²) in [4.78, 5) is 12.5. The van der Waals surface area contributed by atoms with Gasteiger partial charge in [0, 0.05) is 5.56 Å². The monoisotopic (exact) mass is 291 g/mol. The highest BCUT2D eigenvalue weighted by molar-refractivity contribution is 5.94. The van der Waals surface area contributed by atoms with Crippen LogP contribution in [0.3, 0.4) is 0 Å². The minimum atomic E-state index is -0.301. The van der Waals surface area contributed by atoms with Gasteiger partial charge in [0.1, 0.15) is 11.8 Å². The minimum Gasteiger partial charge on any atom is -0.467 e. The van der Waals surface area contributed by atoms with Gasteiger partial charge in [-0.3, -0.25) is 4.79 Å². The van der Waals surface area contributed by atoms with Crippen molar-refractivity contribution in [3.8, 4) is 0 Å². The van der Waals surface area contributed by atoms with Crippen molar-refractivity contribution in [1.29, 1.82) is 0 Å². The maximum Gasteiger partial charge on any atom is 0.252 e. The second kappa shape index (κ2) is 6.31. The summed E-state index contributed by atoms with van der Waals surface area (Å²) in [5, 5.41) is 3.04. The molecule has 1 atom stereocenters. The molecule has 0 aliphatic rings. The van der Waals surface area contributed by atoms with Crippen molar-refractivity contribution < 1.29 is 9.21 Å². The maximum absolute atomic E-state index is 12.5. The van der Waals surface area contributed by atoms with E-state index in [0.717, 1.165) is 11.1 Å². The summed E-state index contributed by atoms with van der Waals surface area (Å²) in [6.45, 7) is 2.00. The third-order valence-electron chi connectivity index (χ3n) is 3.55. The molecule has 0 radical (unpaired) electrons. The molecule has 3 heteroatoms. The molecule has 3 nitrogen and oxygen atoms in total. The molecule has 0 spiro atoms. The number of amides is 1. The number of benzene rings is 2. The first-order valence-electron chi connectivity index (χ1n) is 7.20. The Bertz CT molecular complexity index is 731. The molecule has 3 rings (SSSR count). The van der Waals surface area contributed by atoms with Gasteiger partial charge in [-0.15, -0.1) is 0 Å². The van der Waals surface area contributed by atoms with Crippen molar-refractivity contribution >= 4 is 5.91 Å². The van der Waals surface area contributed by atoms with Crippen molar-refractivity contribution in [2.24, 2.45) is 0 Å². The predicted molar refractivity (Wildman–Crippen MR) is 85.6 cm³/mol. The molecule has 1 heterocycles. The van der Waals surface area contributed by atoms with Gasteiger partial charge in [0.2, 0.25) is 0 Å². The summed E-state index contributed by atoms with van der Waals surface area (Å²) in [5.74, 6) is 0.594. The van der Waals surface area contributed by atoms with Crippen molar-refractivity contribution in [3.63, 3.8) is 0 Å². The highest BCUT2D eigenvalue weighted by Crippen LogP contribution is 2.22. The lowest BCUT2D eigenvalue weighted by Crippen LogP contribution is -2.29. The van der Waals surface area contributed by atoms with Crippen LogP contribution in [0, 0.1) is 6.92 Å². The first-order chi connectivity index (χ1) is 10.7. The number of aryl methyl sites for hydroxylation is 1. The van der Waals surface area contributed by atoms with Crippen LogP contribution in [0.5, 0.6) is 0 Å². The molecule has 0 fully saturated rings. The van der Waals surface area contributed by atoms with Gasteiger partial charge in [-0.2, -0.15) is 0 Å². The van der Waals surface area contributed by atoms with E-state index in [4.69, 9.17) is 4.42 Å². The Morgan fingerprint density at radius 3 is 2.32 bits per heavy atom. The smallest absolute Gasteiger partial charge is 0.252 e.